The summed E-state index contributed by atoms with van der Waals surface area (Å²) >= 11 is 0. The Morgan fingerprint density at radius 3 is 2.64 bits per heavy atom. The fourth-order valence-corrected chi connectivity index (χ4v) is 3.91. The molecule has 0 bridgehead atoms. The smallest absolute Gasteiger partial charge is 0.274 e. The number of benzene rings is 2. The zero-order valence-corrected chi connectivity index (χ0v) is 16.1. The average molecular weight is 375 g/mol. The van der Waals surface area contributed by atoms with Crippen LogP contribution in [0.5, 0.6) is 5.75 Å². The first kappa shape index (κ1) is 18.3. The predicted octanol–water partition coefficient (Wildman–Crippen LogP) is 4.12. The van der Waals surface area contributed by atoms with Crippen LogP contribution in [0.15, 0.2) is 54.6 Å². The monoisotopic (exact) mass is 375 g/mol. The first-order valence-electron chi connectivity index (χ1n) is 9.83. The molecule has 3 aromatic rings. The minimum atomic E-state index is -0.0730. The molecule has 0 saturated carbocycles. The highest BCUT2D eigenvalue weighted by Gasteiger charge is 2.26. The highest BCUT2D eigenvalue weighted by molar-refractivity contribution is 5.94. The molecule has 1 N–H and O–H groups in total. The van der Waals surface area contributed by atoms with Crippen molar-refractivity contribution in [2.45, 2.75) is 38.6 Å². The van der Waals surface area contributed by atoms with Crippen LogP contribution in [0.1, 0.15) is 46.6 Å². The molecule has 1 aliphatic rings. The fraction of sp³-hybridized carbons (Fsp3) is 0.304. The van der Waals surface area contributed by atoms with Crippen molar-refractivity contribution in [3.05, 3.63) is 77.1 Å². The molecule has 0 saturated heterocycles. The summed E-state index contributed by atoms with van der Waals surface area (Å²) in [7, 11) is 1.79. The Morgan fingerprint density at radius 1 is 1.07 bits per heavy atom. The first-order chi connectivity index (χ1) is 13.6. The van der Waals surface area contributed by atoms with E-state index in [4.69, 9.17) is 5.10 Å². The Hall–Kier alpha value is -3.08. The standard InChI is InChI=1S/C23H25N3O2/c1-25(16-17-9-8-12-19(27)15-17)23(28)22-20-13-6-3-7-14-21(20)26(24-22)18-10-4-2-5-11-18/h2,4-5,8-12,15,27H,3,6-7,13-14,16H2,1H3. The minimum absolute atomic E-state index is 0.0730. The second-order valence-electron chi connectivity index (χ2n) is 7.41. The number of aromatic hydroxyl groups is 1. The maximum Gasteiger partial charge on any atom is 0.274 e. The second kappa shape index (κ2) is 7.89. The Bertz CT molecular complexity index is 979. The van der Waals surface area contributed by atoms with Crippen LogP contribution in [-0.2, 0) is 19.4 Å². The molecule has 5 heteroatoms. The van der Waals surface area contributed by atoms with Crippen molar-refractivity contribution < 1.29 is 9.90 Å². The van der Waals surface area contributed by atoms with Gasteiger partial charge in [0, 0.05) is 24.8 Å². The van der Waals surface area contributed by atoms with Gasteiger partial charge < -0.3 is 10.0 Å². The van der Waals surface area contributed by atoms with Gasteiger partial charge in [0.05, 0.1) is 5.69 Å². The lowest BCUT2D eigenvalue weighted by molar-refractivity contribution is 0.0777. The Balaban J connectivity index is 1.68. The van der Waals surface area contributed by atoms with E-state index in [2.05, 4.69) is 0 Å². The van der Waals surface area contributed by atoms with Crippen molar-refractivity contribution in [3.8, 4) is 11.4 Å². The summed E-state index contributed by atoms with van der Waals surface area (Å²) in [5, 5.41) is 14.4. The van der Waals surface area contributed by atoms with E-state index in [0.717, 1.165) is 48.2 Å². The number of para-hydroxylation sites is 1. The summed E-state index contributed by atoms with van der Waals surface area (Å²) < 4.78 is 1.95. The van der Waals surface area contributed by atoms with Crippen LogP contribution in [0.25, 0.3) is 5.69 Å². The molecular weight excluding hydrogens is 350 g/mol. The molecule has 1 aromatic heterocycles. The normalized spacial score (nSPS) is 13.6. The largest absolute Gasteiger partial charge is 0.508 e. The molecule has 1 amide bonds. The van der Waals surface area contributed by atoms with Gasteiger partial charge in [-0.1, -0.05) is 36.8 Å². The number of phenolic OH excluding ortho intramolecular Hbond substituents is 1. The number of rotatable bonds is 4. The molecule has 144 valence electrons. The van der Waals surface area contributed by atoms with Gasteiger partial charge in [-0.3, -0.25) is 4.79 Å². The summed E-state index contributed by atoms with van der Waals surface area (Å²) in [6.45, 7) is 0.431. The molecule has 4 rings (SSSR count). The van der Waals surface area contributed by atoms with Gasteiger partial charge in [-0.2, -0.15) is 5.10 Å². The van der Waals surface area contributed by atoms with Gasteiger partial charge in [0.25, 0.3) is 5.91 Å². The zero-order valence-electron chi connectivity index (χ0n) is 16.1. The molecule has 1 heterocycles. The van der Waals surface area contributed by atoms with E-state index in [1.54, 1.807) is 30.1 Å². The lowest BCUT2D eigenvalue weighted by Crippen LogP contribution is -2.27. The van der Waals surface area contributed by atoms with E-state index in [1.807, 2.05) is 41.1 Å². The van der Waals surface area contributed by atoms with Crippen LogP contribution in [0.4, 0.5) is 0 Å². The lowest BCUT2D eigenvalue weighted by Gasteiger charge is -2.17. The van der Waals surface area contributed by atoms with E-state index in [9.17, 15) is 9.90 Å². The fourth-order valence-electron chi connectivity index (χ4n) is 3.91. The van der Waals surface area contributed by atoms with Gasteiger partial charge in [-0.05, 0) is 55.5 Å². The average Bonchev–Trinajstić information content (AvgIpc) is 2.89. The number of fused-ring (bicyclic) bond motifs is 1. The molecule has 0 spiro atoms. The number of hydrogen-bond donors (Lipinski definition) is 1. The van der Waals surface area contributed by atoms with Gasteiger partial charge in [0.1, 0.15) is 5.75 Å². The Labute approximate surface area is 165 Å². The number of aromatic nitrogens is 2. The van der Waals surface area contributed by atoms with Gasteiger partial charge in [0.2, 0.25) is 0 Å². The van der Waals surface area contributed by atoms with Gasteiger partial charge in [-0.15, -0.1) is 0 Å². The number of carbonyl (C=O) groups is 1. The lowest BCUT2D eigenvalue weighted by atomic mass is 10.1. The highest BCUT2D eigenvalue weighted by Crippen LogP contribution is 2.27. The van der Waals surface area contributed by atoms with Crippen LogP contribution in [0.2, 0.25) is 0 Å². The quantitative estimate of drug-likeness (QED) is 0.698. The molecule has 0 radical (unpaired) electrons. The van der Waals surface area contributed by atoms with Gasteiger partial charge in [0.15, 0.2) is 5.69 Å². The molecule has 5 nitrogen and oxygen atoms in total. The number of nitrogens with zero attached hydrogens (tertiary/aromatic N) is 3. The molecule has 0 atom stereocenters. The third-order valence-electron chi connectivity index (χ3n) is 5.31. The van der Waals surface area contributed by atoms with Crippen molar-refractivity contribution in [1.82, 2.24) is 14.7 Å². The molecular formula is C23H25N3O2. The second-order valence-corrected chi connectivity index (χ2v) is 7.41. The molecule has 1 aliphatic carbocycles. The van der Waals surface area contributed by atoms with Crippen LogP contribution >= 0.6 is 0 Å². The summed E-state index contributed by atoms with van der Waals surface area (Å²) in [5.74, 6) is 0.136. The maximum atomic E-state index is 13.3. The number of hydrogen-bond acceptors (Lipinski definition) is 3. The van der Waals surface area contributed by atoms with Crippen molar-refractivity contribution in [3.63, 3.8) is 0 Å². The van der Waals surface area contributed by atoms with E-state index in [-0.39, 0.29) is 11.7 Å². The third kappa shape index (κ3) is 3.65. The number of amides is 1. The third-order valence-corrected chi connectivity index (χ3v) is 5.31. The molecule has 0 aliphatic heterocycles. The van der Waals surface area contributed by atoms with Crippen LogP contribution in [-0.4, -0.2) is 32.7 Å². The summed E-state index contributed by atoms with van der Waals surface area (Å²) in [6.07, 6.45) is 5.22. The topological polar surface area (TPSA) is 58.4 Å². The summed E-state index contributed by atoms with van der Waals surface area (Å²) in [4.78, 5) is 14.9. The summed E-state index contributed by atoms with van der Waals surface area (Å²) in [6, 6.07) is 17.1. The predicted molar refractivity (Wildman–Crippen MR) is 109 cm³/mol. The van der Waals surface area contributed by atoms with E-state index in [1.165, 1.54) is 6.42 Å². The number of phenols is 1. The van der Waals surface area contributed by atoms with Crippen molar-refractivity contribution in [1.29, 1.82) is 0 Å². The maximum absolute atomic E-state index is 13.3. The van der Waals surface area contributed by atoms with Crippen LogP contribution in [0.3, 0.4) is 0 Å². The summed E-state index contributed by atoms with van der Waals surface area (Å²) in [5.41, 5.74) is 4.70. The first-order valence-corrected chi connectivity index (χ1v) is 9.83. The van der Waals surface area contributed by atoms with Crippen molar-refractivity contribution in [2.24, 2.45) is 0 Å². The minimum Gasteiger partial charge on any atom is -0.508 e. The Morgan fingerprint density at radius 2 is 1.86 bits per heavy atom. The molecule has 28 heavy (non-hydrogen) atoms. The Kier molecular flexibility index (Phi) is 5.15. The van der Waals surface area contributed by atoms with Gasteiger partial charge in [-0.25, -0.2) is 4.68 Å². The van der Waals surface area contributed by atoms with E-state index >= 15 is 0 Å². The van der Waals surface area contributed by atoms with E-state index in [0.29, 0.717) is 12.2 Å². The van der Waals surface area contributed by atoms with Gasteiger partial charge >= 0.3 is 0 Å². The van der Waals surface area contributed by atoms with E-state index < -0.39 is 0 Å². The van der Waals surface area contributed by atoms with Crippen molar-refractivity contribution >= 4 is 5.91 Å². The molecule has 2 aromatic carbocycles. The van der Waals surface area contributed by atoms with Crippen molar-refractivity contribution in [2.75, 3.05) is 7.05 Å². The number of carbonyl (C=O) groups excluding carboxylic acids is 1. The van der Waals surface area contributed by atoms with Crippen LogP contribution in [0, 0.1) is 0 Å². The van der Waals surface area contributed by atoms with Crippen LogP contribution < -0.4 is 0 Å². The highest BCUT2D eigenvalue weighted by atomic mass is 16.3. The zero-order chi connectivity index (χ0) is 19.5. The molecule has 0 fully saturated rings. The molecule has 0 unspecified atom stereocenters. The SMILES string of the molecule is CN(Cc1cccc(O)c1)C(=O)c1nn(-c2ccccc2)c2c1CCCCC2.